The lowest BCUT2D eigenvalue weighted by molar-refractivity contribution is 0.219. The molecule has 0 aliphatic carbocycles. The second kappa shape index (κ2) is 4.50. The quantitative estimate of drug-likeness (QED) is 0.809. The molecule has 0 radical (unpaired) electrons. The Labute approximate surface area is 96.4 Å². The van der Waals surface area contributed by atoms with E-state index < -0.39 is 6.10 Å². The van der Waals surface area contributed by atoms with Crippen molar-refractivity contribution in [3.05, 3.63) is 70.8 Å². The maximum atomic E-state index is 10.3. The van der Waals surface area contributed by atoms with E-state index >= 15 is 0 Å². The summed E-state index contributed by atoms with van der Waals surface area (Å²) in [6.07, 6.45) is -0.526. The molecule has 0 unspecified atom stereocenters. The number of aliphatic hydroxyl groups is 1. The SMILES string of the molecule is Cc1ccc([C@@H](O)c2ccccc2C)cc1. The number of benzene rings is 2. The van der Waals surface area contributed by atoms with E-state index in [1.54, 1.807) is 0 Å². The molecule has 0 aliphatic heterocycles. The molecule has 1 heteroatoms. The minimum absolute atomic E-state index is 0.526. The van der Waals surface area contributed by atoms with Crippen LogP contribution in [0.2, 0.25) is 0 Å². The summed E-state index contributed by atoms with van der Waals surface area (Å²) in [5.41, 5.74) is 4.25. The second-order valence-electron chi connectivity index (χ2n) is 4.17. The van der Waals surface area contributed by atoms with Crippen LogP contribution in [-0.2, 0) is 0 Å². The molecule has 1 atom stereocenters. The lowest BCUT2D eigenvalue weighted by Crippen LogP contribution is -2.01. The van der Waals surface area contributed by atoms with Crippen molar-refractivity contribution in [1.82, 2.24) is 0 Å². The largest absolute Gasteiger partial charge is 0.384 e. The van der Waals surface area contributed by atoms with Crippen molar-refractivity contribution in [1.29, 1.82) is 0 Å². The molecule has 2 aromatic rings. The lowest BCUT2D eigenvalue weighted by Gasteiger charge is -2.14. The molecule has 1 nitrogen and oxygen atoms in total. The van der Waals surface area contributed by atoms with Crippen LogP contribution in [0.4, 0.5) is 0 Å². The van der Waals surface area contributed by atoms with Crippen LogP contribution in [0.3, 0.4) is 0 Å². The molecular formula is C15H16O. The van der Waals surface area contributed by atoms with E-state index in [1.807, 2.05) is 62.4 Å². The van der Waals surface area contributed by atoms with E-state index in [-0.39, 0.29) is 0 Å². The van der Waals surface area contributed by atoms with Crippen molar-refractivity contribution in [2.75, 3.05) is 0 Å². The molecule has 0 amide bonds. The van der Waals surface area contributed by atoms with E-state index in [4.69, 9.17) is 0 Å². The van der Waals surface area contributed by atoms with Gasteiger partial charge in [-0.05, 0) is 30.5 Å². The summed E-state index contributed by atoms with van der Waals surface area (Å²) >= 11 is 0. The zero-order chi connectivity index (χ0) is 11.5. The summed E-state index contributed by atoms with van der Waals surface area (Å²) in [4.78, 5) is 0. The average molecular weight is 212 g/mol. The maximum absolute atomic E-state index is 10.3. The van der Waals surface area contributed by atoms with Gasteiger partial charge in [0.05, 0.1) is 0 Å². The third kappa shape index (κ3) is 2.15. The van der Waals surface area contributed by atoms with Crippen LogP contribution in [0.5, 0.6) is 0 Å². The van der Waals surface area contributed by atoms with E-state index in [2.05, 4.69) is 0 Å². The van der Waals surface area contributed by atoms with Crippen molar-refractivity contribution in [2.24, 2.45) is 0 Å². The Hall–Kier alpha value is -1.60. The standard InChI is InChI=1S/C15H16O/c1-11-7-9-13(10-8-11)15(16)14-6-4-3-5-12(14)2/h3-10,15-16H,1-2H3/t15-/m1/s1. The Kier molecular flexibility index (Phi) is 3.07. The van der Waals surface area contributed by atoms with Crippen LogP contribution in [0.1, 0.15) is 28.4 Å². The lowest BCUT2D eigenvalue weighted by atomic mass is 9.97. The molecule has 2 rings (SSSR count). The number of rotatable bonds is 2. The van der Waals surface area contributed by atoms with Gasteiger partial charge in [-0.25, -0.2) is 0 Å². The fraction of sp³-hybridized carbons (Fsp3) is 0.200. The van der Waals surface area contributed by atoms with Gasteiger partial charge < -0.3 is 5.11 Å². The van der Waals surface area contributed by atoms with Crippen LogP contribution in [-0.4, -0.2) is 5.11 Å². The first-order chi connectivity index (χ1) is 7.68. The molecule has 0 saturated heterocycles. The Morgan fingerprint density at radius 3 is 2.12 bits per heavy atom. The molecule has 0 aromatic heterocycles. The summed E-state index contributed by atoms with van der Waals surface area (Å²) in [6, 6.07) is 15.9. The minimum Gasteiger partial charge on any atom is -0.384 e. The molecule has 0 bridgehead atoms. The van der Waals surface area contributed by atoms with Gasteiger partial charge in [-0.2, -0.15) is 0 Å². The predicted octanol–water partition coefficient (Wildman–Crippen LogP) is 3.39. The molecule has 0 heterocycles. The Morgan fingerprint density at radius 2 is 1.50 bits per heavy atom. The number of hydrogen-bond donors (Lipinski definition) is 1. The topological polar surface area (TPSA) is 20.2 Å². The first kappa shape index (κ1) is 10.9. The second-order valence-corrected chi connectivity index (χ2v) is 4.17. The van der Waals surface area contributed by atoms with Crippen LogP contribution in [0.25, 0.3) is 0 Å². The van der Waals surface area contributed by atoms with Gasteiger partial charge in [-0.3, -0.25) is 0 Å². The van der Waals surface area contributed by atoms with Crippen LogP contribution in [0, 0.1) is 13.8 Å². The molecule has 16 heavy (non-hydrogen) atoms. The maximum Gasteiger partial charge on any atom is 0.104 e. The Morgan fingerprint density at radius 1 is 0.875 bits per heavy atom. The summed E-state index contributed by atoms with van der Waals surface area (Å²) in [5, 5.41) is 10.3. The first-order valence-electron chi connectivity index (χ1n) is 5.48. The summed E-state index contributed by atoms with van der Waals surface area (Å²) in [6.45, 7) is 4.07. The molecule has 0 saturated carbocycles. The Bertz CT molecular complexity index is 471. The van der Waals surface area contributed by atoms with Gasteiger partial charge in [0.2, 0.25) is 0 Å². The van der Waals surface area contributed by atoms with E-state index in [0.29, 0.717) is 0 Å². The van der Waals surface area contributed by atoms with Gasteiger partial charge in [0, 0.05) is 0 Å². The van der Waals surface area contributed by atoms with Crippen molar-refractivity contribution in [3.63, 3.8) is 0 Å². The highest BCUT2D eigenvalue weighted by atomic mass is 16.3. The molecule has 0 spiro atoms. The highest BCUT2D eigenvalue weighted by Crippen LogP contribution is 2.24. The third-order valence-electron chi connectivity index (χ3n) is 2.88. The number of hydrogen-bond acceptors (Lipinski definition) is 1. The monoisotopic (exact) mass is 212 g/mol. The van der Waals surface area contributed by atoms with Crippen molar-refractivity contribution >= 4 is 0 Å². The highest BCUT2D eigenvalue weighted by Gasteiger charge is 2.11. The molecule has 0 aliphatic rings. The number of aryl methyl sites for hydroxylation is 2. The molecule has 2 aromatic carbocycles. The van der Waals surface area contributed by atoms with Gasteiger partial charge in [0.25, 0.3) is 0 Å². The first-order valence-corrected chi connectivity index (χ1v) is 5.48. The van der Waals surface area contributed by atoms with Crippen LogP contribution >= 0.6 is 0 Å². The third-order valence-corrected chi connectivity index (χ3v) is 2.88. The van der Waals surface area contributed by atoms with Gasteiger partial charge in [-0.1, -0.05) is 54.1 Å². The average Bonchev–Trinajstić information content (AvgIpc) is 2.30. The number of aliphatic hydroxyl groups excluding tert-OH is 1. The van der Waals surface area contributed by atoms with Crippen molar-refractivity contribution in [2.45, 2.75) is 20.0 Å². The Balaban J connectivity index is 2.35. The fourth-order valence-electron chi connectivity index (χ4n) is 1.82. The zero-order valence-corrected chi connectivity index (χ0v) is 9.64. The van der Waals surface area contributed by atoms with Gasteiger partial charge in [0.1, 0.15) is 6.10 Å². The van der Waals surface area contributed by atoms with Gasteiger partial charge in [-0.15, -0.1) is 0 Å². The summed E-state index contributed by atoms with van der Waals surface area (Å²) in [7, 11) is 0. The predicted molar refractivity (Wildman–Crippen MR) is 66.4 cm³/mol. The summed E-state index contributed by atoms with van der Waals surface area (Å²) in [5.74, 6) is 0. The summed E-state index contributed by atoms with van der Waals surface area (Å²) < 4.78 is 0. The van der Waals surface area contributed by atoms with Gasteiger partial charge >= 0.3 is 0 Å². The molecule has 82 valence electrons. The highest BCUT2D eigenvalue weighted by molar-refractivity contribution is 5.35. The van der Waals surface area contributed by atoms with Crippen LogP contribution in [0.15, 0.2) is 48.5 Å². The van der Waals surface area contributed by atoms with E-state index in [0.717, 1.165) is 16.7 Å². The van der Waals surface area contributed by atoms with Crippen molar-refractivity contribution in [3.8, 4) is 0 Å². The molecule has 1 N–H and O–H groups in total. The fourth-order valence-corrected chi connectivity index (χ4v) is 1.82. The van der Waals surface area contributed by atoms with E-state index in [9.17, 15) is 5.11 Å². The van der Waals surface area contributed by atoms with Gasteiger partial charge in [0.15, 0.2) is 0 Å². The molecular weight excluding hydrogens is 196 g/mol. The molecule has 0 fully saturated rings. The minimum atomic E-state index is -0.526. The van der Waals surface area contributed by atoms with Crippen molar-refractivity contribution < 1.29 is 5.11 Å². The smallest absolute Gasteiger partial charge is 0.104 e. The zero-order valence-electron chi connectivity index (χ0n) is 9.64. The normalized spacial score (nSPS) is 12.4. The van der Waals surface area contributed by atoms with E-state index in [1.165, 1.54) is 5.56 Å². The van der Waals surface area contributed by atoms with Crippen LogP contribution < -0.4 is 0 Å².